The first kappa shape index (κ1) is 7.02. The first-order valence-electron chi connectivity index (χ1n) is 2.68. The molecule has 0 saturated carbocycles. The van der Waals surface area contributed by atoms with Crippen LogP contribution in [-0.4, -0.2) is 4.98 Å². The molecule has 0 fully saturated rings. The smallest absolute Gasteiger partial charge is 0.0797 e. The molecule has 0 aliphatic rings. The first-order valence-corrected chi connectivity index (χ1v) is 3.56. The van der Waals surface area contributed by atoms with E-state index in [2.05, 4.69) is 18.1 Å². The van der Waals surface area contributed by atoms with E-state index in [9.17, 15) is 5.11 Å². The quantitative estimate of drug-likeness (QED) is 0.601. The van der Waals surface area contributed by atoms with Gasteiger partial charge >= 0.3 is 0 Å². The summed E-state index contributed by atoms with van der Waals surface area (Å²) in [5.74, 6) is 0. The molecule has 10 heavy (non-hydrogen) atoms. The molecular formula is C7H6NOS-. The number of allylic oxidation sites excluding steroid dienone is 2. The predicted molar refractivity (Wildman–Crippen MR) is 40.8 cm³/mol. The fourth-order valence-electron chi connectivity index (χ4n) is 0.509. The zero-order chi connectivity index (χ0) is 7.56. The molecule has 3 heteroatoms. The molecule has 0 amide bonds. The lowest BCUT2D eigenvalue weighted by atomic mass is 10.2. The van der Waals surface area contributed by atoms with Crippen molar-refractivity contribution in [2.45, 2.75) is 0 Å². The van der Waals surface area contributed by atoms with Crippen molar-refractivity contribution in [3.63, 3.8) is 0 Å². The van der Waals surface area contributed by atoms with E-state index in [4.69, 9.17) is 0 Å². The van der Waals surface area contributed by atoms with Crippen LogP contribution >= 0.6 is 11.3 Å². The van der Waals surface area contributed by atoms with Crippen molar-refractivity contribution >= 4 is 16.9 Å². The van der Waals surface area contributed by atoms with Crippen LogP contribution in [0.3, 0.4) is 0 Å². The molecule has 2 nitrogen and oxygen atoms in total. The van der Waals surface area contributed by atoms with Gasteiger partial charge in [0.05, 0.1) is 5.69 Å². The van der Waals surface area contributed by atoms with Gasteiger partial charge in [0.15, 0.2) is 0 Å². The topological polar surface area (TPSA) is 36.0 Å². The number of nitrogens with zero attached hydrogens (tertiary/aromatic N) is 1. The van der Waals surface area contributed by atoms with Crippen molar-refractivity contribution < 1.29 is 5.11 Å². The number of hydrogen-bond donors (Lipinski definition) is 0. The molecule has 0 spiro atoms. The Bertz CT molecular complexity index is 264. The Morgan fingerprint density at radius 3 is 2.90 bits per heavy atom. The molecule has 1 aromatic rings. The molecule has 0 aliphatic heterocycles. The average molecular weight is 152 g/mol. The molecule has 0 saturated heterocycles. The standard InChI is InChI=1S/C7H7NOS/c1-3-5(2)6-4-10-7(9)8-6/h3-4H,1-2H2,(H,8,9)/p-1. The van der Waals surface area contributed by atoms with Crippen molar-refractivity contribution in [3.05, 3.63) is 30.3 Å². The highest BCUT2D eigenvalue weighted by Crippen LogP contribution is 2.18. The first-order chi connectivity index (χ1) is 4.74. The highest BCUT2D eigenvalue weighted by molar-refractivity contribution is 7.11. The van der Waals surface area contributed by atoms with Crippen molar-refractivity contribution in [2.24, 2.45) is 0 Å². The van der Waals surface area contributed by atoms with E-state index in [1.54, 1.807) is 11.5 Å². The maximum absolute atomic E-state index is 10.5. The van der Waals surface area contributed by atoms with E-state index in [1.165, 1.54) is 0 Å². The van der Waals surface area contributed by atoms with Crippen LogP contribution in [0.2, 0.25) is 0 Å². The van der Waals surface area contributed by atoms with Gasteiger partial charge in [-0.25, -0.2) is 0 Å². The normalized spacial score (nSPS) is 9.20. The Labute approximate surface area is 63.2 Å². The van der Waals surface area contributed by atoms with Gasteiger partial charge in [-0.05, 0) is 5.57 Å². The zero-order valence-corrected chi connectivity index (χ0v) is 6.15. The maximum atomic E-state index is 10.5. The predicted octanol–water partition coefficient (Wildman–Crippen LogP) is 1.42. The van der Waals surface area contributed by atoms with Gasteiger partial charge in [-0.3, -0.25) is 4.98 Å². The third-order valence-corrected chi connectivity index (χ3v) is 1.69. The van der Waals surface area contributed by atoms with E-state index in [0.29, 0.717) is 11.3 Å². The van der Waals surface area contributed by atoms with Gasteiger partial charge in [0.1, 0.15) is 0 Å². The fourth-order valence-corrected chi connectivity index (χ4v) is 1.08. The van der Waals surface area contributed by atoms with Crippen LogP contribution in [0.4, 0.5) is 0 Å². The number of hydrogen-bond acceptors (Lipinski definition) is 3. The lowest BCUT2D eigenvalue weighted by molar-refractivity contribution is -0.268. The van der Waals surface area contributed by atoms with Crippen LogP contribution < -0.4 is 5.11 Å². The Morgan fingerprint density at radius 2 is 2.50 bits per heavy atom. The average Bonchev–Trinajstić information content (AvgIpc) is 2.34. The molecule has 0 aliphatic carbocycles. The highest BCUT2D eigenvalue weighted by atomic mass is 32.1. The van der Waals surface area contributed by atoms with Crippen LogP contribution in [0.15, 0.2) is 24.6 Å². The summed E-state index contributed by atoms with van der Waals surface area (Å²) < 4.78 is 0. The third-order valence-electron chi connectivity index (χ3n) is 1.06. The summed E-state index contributed by atoms with van der Waals surface area (Å²) >= 11 is 1.07. The molecule has 0 unspecified atom stereocenters. The third kappa shape index (κ3) is 1.25. The summed E-state index contributed by atoms with van der Waals surface area (Å²) in [7, 11) is 0. The van der Waals surface area contributed by atoms with Crippen molar-refractivity contribution in [1.29, 1.82) is 0 Å². The molecule has 0 radical (unpaired) electrons. The lowest BCUT2D eigenvalue weighted by Crippen LogP contribution is -1.87. The second-order valence-electron chi connectivity index (χ2n) is 1.73. The summed E-state index contributed by atoms with van der Waals surface area (Å²) in [5, 5.41) is 12.0. The summed E-state index contributed by atoms with van der Waals surface area (Å²) in [6, 6.07) is 0. The number of rotatable bonds is 2. The second-order valence-corrected chi connectivity index (χ2v) is 2.55. The Balaban J connectivity index is 2.95. The van der Waals surface area contributed by atoms with E-state index in [-0.39, 0.29) is 5.19 Å². The minimum atomic E-state index is -0.182. The minimum absolute atomic E-state index is 0.182. The van der Waals surface area contributed by atoms with Gasteiger partial charge in [0.25, 0.3) is 0 Å². The Morgan fingerprint density at radius 1 is 1.80 bits per heavy atom. The molecule has 0 atom stereocenters. The summed E-state index contributed by atoms with van der Waals surface area (Å²) in [6.45, 7) is 7.15. The van der Waals surface area contributed by atoms with E-state index < -0.39 is 0 Å². The second kappa shape index (κ2) is 2.66. The van der Waals surface area contributed by atoms with Crippen LogP contribution in [-0.2, 0) is 0 Å². The lowest BCUT2D eigenvalue weighted by Gasteiger charge is -1.93. The molecular weight excluding hydrogens is 146 g/mol. The van der Waals surface area contributed by atoms with Crippen molar-refractivity contribution in [1.82, 2.24) is 4.98 Å². The van der Waals surface area contributed by atoms with Crippen LogP contribution in [0.5, 0.6) is 5.19 Å². The number of aromatic nitrogens is 1. The number of thiazole rings is 1. The van der Waals surface area contributed by atoms with Crippen LogP contribution in [0, 0.1) is 0 Å². The van der Waals surface area contributed by atoms with E-state index in [0.717, 1.165) is 11.3 Å². The maximum Gasteiger partial charge on any atom is 0.0797 e. The molecule has 0 bridgehead atoms. The summed E-state index contributed by atoms with van der Waals surface area (Å²) in [6.07, 6.45) is 1.58. The summed E-state index contributed by atoms with van der Waals surface area (Å²) in [5.41, 5.74) is 1.32. The van der Waals surface area contributed by atoms with Gasteiger partial charge in [-0.15, -0.1) is 11.3 Å². The van der Waals surface area contributed by atoms with Gasteiger partial charge in [-0.2, -0.15) is 0 Å². The highest BCUT2D eigenvalue weighted by Gasteiger charge is 1.95. The van der Waals surface area contributed by atoms with E-state index >= 15 is 0 Å². The van der Waals surface area contributed by atoms with Crippen LogP contribution in [0.25, 0.3) is 5.57 Å². The SMILES string of the molecule is C=CC(=C)c1csc([O-])n1. The van der Waals surface area contributed by atoms with Gasteiger partial charge in [-0.1, -0.05) is 19.2 Å². The molecule has 0 N–H and O–H groups in total. The zero-order valence-electron chi connectivity index (χ0n) is 5.33. The van der Waals surface area contributed by atoms with E-state index in [1.807, 2.05) is 0 Å². The summed E-state index contributed by atoms with van der Waals surface area (Å²) in [4.78, 5) is 3.67. The Hall–Kier alpha value is -1.09. The molecule has 1 rings (SSSR count). The molecule has 52 valence electrons. The minimum Gasteiger partial charge on any atom is -0.851 e. The van der Waals surface area contributed by atoms with Crippen LogP contribution in [0.1, 0.15) is 5.69 Å². The Kier molecular flexibility index (Phi) is 1.87. The molecule has 1 aromatic heterocycles. The van der Waals surface area contributed by atoms with Gasteiger partial charge < -0.3 is 5.11 Å². The van der Waals surface area contributed by atoms with Crippen molar-refractivity contribution in [2.75, 3.05) is 0 Å². The van der Waals surface area contributed by atoms with Gasteiger partial charge in [0.2, 0.25) is 0 Å². The fraction of sp³-hybridized carbons (Fsp3) is 0. The monoisotopic (exact) mass is 152 g/mol. The van der Waals surface area contributed by atoms with Crippen molar-refractivity contribution in [3.8, 4) is 5.19 Å². The molecule has 1 heterocycles. The van der Waals surface area contributed by atoms with Gasteiger partial charge in [0, 0.05) is 10.6 Å². The largest absolute Gasteiger partial charge is 0.851 e. The molecule has 0 aromatic carbocycles.